The number of nitrogens with zero attached hydrogens (tertiary/aromatic N) is 2. The number of para-hydroxylation sites is 1. The van der Waals surface area contributed by atoms with Gasteiger partial charge in [0.05, 0.1) is 0 Å². The molecule has 0 spiro atoms. The Bertz CT molecular complexity index is 820. The number of likely N-dealkylation sites (tertiary alicyclic amines) is 1. The van der Waals surface area contributed by atoms with Crippen molar-refractivity contribution < 1.29 is 4.79 Å². The largest absolute Gasteiger partial charge is 0.309 e. The van der Waals surface area contributed by atoms with Crippen molar-refractivity contribution in [1.29, 1.82) is 0 Å². The fraction of sp³-hybridized carbons (Fsp3) is 0.483. The van der Waals surface area contributed by atoms with Gasteiger partial charge in [0, 0.05) is 37.8 Å². The van der Waals surface area contributed by atoms with Gasteiger partial charge in [-0.2, -0.15) is 0 Å². The maximum absolute atomic E-state index is 12.7. The quantitative estimate of drug-likeness (QED) is 0.368. The smallest absolute Gasteiger partial charge is 0.226 e. The van der Waals surface area contributed by atoms with E-state index in [2.05, 4.69) is 60.4 Å². The van der Waals surface area contributed by atoms with Crippen molar-refractivity contribution in [3.63, 3.8) is 0 Å². The maximum Gasteiger partial charge on any atom is 0.226 e. The first-order chi connectivity index (χ1) is 15.7. The predicted molar refractivity (Wildman–Crippen MR) is 137 cm³/mol. The normalized spacial score (nSPS) is 15.3. The van der Waals surface area contributed by atoms with Gasteiger partial charge in [-0.1, -0.05) is 81.3 Å². The SMILES string of the molecule is CCCCC/C=C/c1ccc(CCN2CCC(N(C(=O)CC)c3ccccc3)CC2)cc1. The van der Waals surface area contributed by atoms with Crippen LogP contribution in [0.3, 0.4) is 0 Å². The van der Waals surface area contributed by atoms with Crippen molar-refractivity contribution in [2.75, 3.05) is 24.5 Å². The molecular weight excluding hydrogens is 392 g/mol. The third kappa shape index (κ3) is 7.34. The lowest BCUT2D eigenvalue weighted by atomic mass is 10.0. The first kappa shape index (κ1) is 24.3. The van der Waals surface area contributed by atoms with E-state index in [1.165, 1.54) is 36.8 Å². The van der Waals surface area contributed by atoms with E-state index in [4.69, 9.17) is 0 Å². The highest BCUT2D eigenvalue weighted by Crippen LogP contribution is 2.24. The van der Waals surface area contributed by atoms with Crippen molar-refractivity contribution in [2.24, 2.45) is 0 Å². The molecule has 3 rings (SSSR count). The summed E-state index contributed by atoms with van der Waals surface area (Å²) >= 11 is 0. The van der Waals surface area contributed by atoms with Crippen LogP contribution < -0.4 is 4.90 Å². The second-order valence-corrected chi connectivity index (χ2v) is 8.92. The molecule has 0 atom stereocenters. The minimum atomic E-state index is 0.231. The molecule has 1 fully saturated rings. The summed E-state index contributed by atoms with van der Waals surface area (Å²) in [4.78, 5) is 17.3. The number of benzene rings is 2. The Kier molecular flexibility index (Phi) is 10.0. The van der Waals surface area contributed by atoms with Crippen LogP contribution in [-0.2, 0) is 11.2 Å². The maximum atomic E-state index is 12.7. The van der Waals surface area contributed by atoms with Gasteiger partial charge in [-0.25, -0.2) is 0 Å². The number of rotatable bonds is 11. The van der Waals surface area contributed by atoms with Crippen molar-refractivity contribution in [2.45, 2.75) is 71.3 Å². The number of carbonyl (C=O) groups excluding carboxylic acids is 1. The number of hydrogen-bond acceptors (Lipinski definition) is 2. The van der Waals surface area contributed by atoms with E-state index in [9.17, 15) is 4.79 Å². The molecule has 0 unspecified atom stereocenters. The molecule has 2 aromatic carbocycles. The van der Waals surface area contributed by atoms with E-state index in [0.29, 0.717) is 12.5 Å². The minimum Gasteiger partial charge on any atom is -0.309 e. The molecule has 3 heteroatoms. The highest BCUT2D eigenvalue weighted by molar-refractivity contribution is 5.93. The molecule has 2 aromatic rings. The van der Waals surface area contributed by atoms with Crippen molar-refractivity contribution >= 4 is 17.7 Å². The topological polar surface area (TPSA) is 23.6 Å². The Morgan fingerprint density at radius 3 is 2.38 bits per heavy atom. The Balaban J connectivity index is 1.45. The Labute approximate surface area is 195 Å². The molecule has 0 bridgehead atoms. The molecule has 3 nitrogen and oxygen atoms in total. The van der Waals surface area contributed by atoms with Gasteiger partial charge in [0.25, 0.3) is 0 Å². The van der Waals surface area contributed by atoms with Crippen LogP contribution >= 0.6 is 0 Å². The first-order valence-corrected chi connectivity index (χ1v) is 12.6. The molecule has 0 saturated carbocycles. The molecule has 0 N–H and O–H groups in total. The van der Waals surface area contributed by atoms with Gasteiger partial charge < -0.3 is 9.80 Å². The summed E-state index contributed by atoms with van der Waals surface area (Å²) in [5.41, 5.74) is 3.74. The van der Waals surface area contributed by atoms with Gasteiger partial charge in [0.2, 0.25) is 5.91 Å². The highest BCUT2D eigenvalue weighted by Gasteiger charge is 2.28. The average Bonchev–Trinajstić information content (AvgIpc) is 2.85. The molecule has 0 radical (unpaired) electrons. The summed E-state index contributed by atoms with van der Waals surface area (Å²) in [7, 11) is 0. The Hall–Kier alpha value is -2.39. The van der Waals surface area contributed by atoms with Crippen LogP contribution in [0.4, 0.5) is 5.69 Å². The summed E-state index contributed by atoms with van der Waals surface area (Å²) in [6.07, 6.45) is 13.3. The van der Waals surface area contributed by atoms with Crippen LogP contribution in [0, 0.1) is 0 Å². The lowest BCUT2D eigenvalue weighted by Gasteiger charge is -2.38. The standard InChI is InChI=1S/C29H40N2O/c1-3-5-6-7-9-12-25-15-17-26(18-16-25)19-22-30-23-20-28(21-24-30)31(29(32)4-2)27-13-10-8-11-14-27/h8-18,28H,3-7,19-24H2,1-2H3/b12-9+. The van der Waals surface area contributed by atoms with E-state index in [1.807, 2.05) is 30.0 Å². The van der Waals surface area contributed by atoms with E-state index in [1.54, 1.807) is 0 Å². The average molecular weight is 433 g/mol. The molecule has 1 aliphatic heterocycles. The number of unbranched alkanes of at least 4 members (excludes halogenated alkanes) is 3. The van der Waals surface area contributed by atoms with Crippen molar-refractivity contribution in [1.82, 2.24) is 4.90 Å². The molecule has 0 aliphatic carbocycles. The lowest BCUT2D eigenvalue weighted by molar-refractivity contribution is -0.119. The summed E-state index contributed by atoms with van der Waals surface area (Å²) < 4.78 is 0. The number of amides is 1. The fourth-order valence-electron chi connectivity index (χ4n) is 4.53. The first-order valence-electron chi connectivity index (χ1n) is 12.6. The summed E-state index contributed by atoms with van der Waals surface area (Å²) in [6.45, 7) is 7.41. The Morgan fingerprint density at radius 1 is 1.00 bits per heavy atom. The van der Waals surface area contributed by atoms with E-state index >= 15 is 0 Å². The summed E-state index contributed by atoms with van der Waals surface area (Å²) in [5, 5.41) is 0. The number of carbonyl (C=O) groups is 1. The van der Waals surface area contributed by atoms with E-state index in [-0.39, 0.29) is 5.91 Å². The number of piperidine rings is 1. The molecule has 1 aliphatic rings. The molecule has 32 heavy (non-hydrogen) atoms. The predicted octanol–water partition coefficient (Wildman–Crippen LogP) is 6.73. The zero-order valence-corrected chi connectivity index (χ0v) is 20.0. The minimum absolute atomic E-state index is 0.231. The molecule has 172 valence electrons. The third-order valence-electron chi connectivity index (χ3n) is 6.51. The molecule has 1 amide bonds. The van der Waals surface area contributed by atoms with Crippen LogP contribution in [0.25, 0.3) is 6.08 Å². The van der Waals surface area contributed by atoms with Gasteiger partial charge in [-0.05, 0) is 55.4 Å². The zero-order valence-electron chi connectivity index (χ0n) is 20.0. The second kappa shape index (κ2) is 13.2. The second-order valence-electron chi connectivity index (χ2n) is 8.92. The van der Waals surface area contributed by atoms with E-state index < -0.39 is 0 Å². The van der Waals surface area contributed by atoms with Crippen molar-refractivity contribution in [3.05, 3.63) is 71.8 Å². The van der Waals surface area contributed by atoms with Crippen molar-refractivity contribution in [3.8, 4) is 0 Å². The van der Waals surface area contributed by atoms with Gasteiger partial charge in [-0.3, -0.25) is 4.79 Å². The van der Waals surface area contributed by atoms with Crippen LogP contribution in [0.2, 0.25) is 0 Å². The van der Waals surface area contributed by atoms with Crippen LogP contribution in [0.1, 0.15) is 69.9 Å². The van der Waals surface area contributed by atoms with E-state index in [0.717, 1.165) is 44.6 Å². The van der Waals surface area contributed by atoms with Gasteiger partial charge in [-0.15, -0.1) is 0 Å². The molecule has 1 saturated heterocycles. The summed E-state index contributed by atoms with van der Waals surface area (Å²) in [6, 6.07) is 19.5. The molecular formula is C29H40N2O. The molecule has 0 aromatic heterocycles. The van der Waals surface area contributed by atoms with Gasteiger partial charge in [0.1, 0.15) is 0 Å². The summed E-state index contributed by atoms with van der Waals surface area (Å²) in [5.74, 6) is 0.231. The zero-order chi connectivity index (χ0) is 22.6. The highest BCUT2D eigenvalue weighted by atomic mass is 16.2. The number of anilines is 1. The lowest BCUT2D eigenvalue weighted by Crippen LogP contribution is -2.47. The number of allylic oxidation sites excluding steroid dienone is 1. The van der Waals surface area contributed by atoms with Crippen LogP contribution in [-0.4, -0.2) is 36.5 Å². The van der Waals surface area contributed by atoms with Crippen LogP contribution in [0.15, 0.2) is 60.7 Å². The van der Waals surface area contributed by atoms with Crippen LogP contribution in [0.5, 0.6) is 0 Å². The third-order valence-corrected chi connectivity index (χ3v) is 6.51. The monoisotopic (exact) mass is 432 g/mol. The fourth-order valence-corrected chi connectivity index (χ4v) is 4.53. The Morgan fingerprint density at radius 2 is 1.72 bits per heavy atom. The molecule has 1 heterocycles. The number of hydrogen-bond donors (Lipinski definition) is 0. The van der Waals surface area contributed by atoms with Gasteiger partial charge >= 0.3 is 0 Å². The van der Waals surface area contributed by atoms with Gasteiger partial charge in [0.15, 0.2) is 0 Å².